The van der Waals surface area contributed by atoms with E-state index in [1.807, 2.05) is 0 Å². The van der Waals surface area contributed by atoms with Gasteiger partial charge >= 0.3 is 0 Å². The molecule has 4 heteroatoms. The zero-order chi connectivity index (χ0) is 14.0. The Balaban J connectivity index is 2.28. The molecule has 19 heavy (non-hydrogen) atoms. The smallest absolute Gasteiger partial charge is 0.129 e. The molecule has 1 N–H and O–H groups in total. The number of hydrogen-bond acceptors (Lipinski definition) is 1. The van der Waals surface area contributed by atoms with Gasteiger partial charge in [0.05, 0.1) is 6.10 Å². The molecule has 0 aliphatic rings. The zero-order valence-corrected chi connectivity index (χ0v) is 10.3. The van der Waals surface area contributed by atoms with Gasteiger partial charge in [-0.2, -0.15) is 0 Å². The maximum Gasteiger partial charge on any atom is 0.129 e. The second kappa shape index (κ2) is 5.45. The van der Waals surface area contributed by atoms with Crippen molar-refractivity contribution in [1.29, 1.82) is 0 Å². The fourth-order valence-corrected chi connectivity index (χ4v) is 1.93. The molecule has 0 heterocycles. The standard InChI is InChI=1S/C15H13F3O/c1-9-5-6-10(14(18)7-9)15(19)8-11-12(16)3-2-4-13(11)17/h2-7,15,19H,8H2,1H3. The van der Waals surface area contributed by atoms with Crippen molar-refractivity contribution in [3.8, 4) is 0 Å². The molecule has 2 rings (SSSR count). The molecule has 0 fully saturated rings. The van der Waals surface area contributed by atoms with Crippen LogP contribution in [0, 0.1) is 24.4 Å². The van der Waals surface area contributed by atoms with Crippen LogP contribution in [0.25, 0.3) is 0 Å². The van der Waals surface area contributed by atoms with E-state index in [-0.39, 0.29) is 17.5 Å². The Morgan fingerprint density at radius 3 is 2.21 bits per heavy atom. The molecule has 1 atom stereocenters. The summed E-state index contributed by atoms with van der Waals surface area (Å²) in [7, 11) is 0. The molecule has 2 aromatic rings. The number of aliphatic hydroxyl groups excluding tert-OH is 1. The van der Waals surface area contributed by atoms with Gasteiger partial charge in [0.25, 0.3) is 0 Å². The van der Waals surface area contributed by atoms with Crippen molar-refractivity contribution >= 4 is 0 Å². The Morgan fingerprint density at radius 2 is 1.63 bits per heavy atom. The molecule has 1 nitrogen and oxygen atoms in total. The van der Waals surface area contributed by atoms with Gasteiger partial charge in [-0.1, -0.05) is 18.2 Å². The lowest BCUT2D eigenvalue weighted by Gasteiger charge is -2.13. The molecule has 0 saturated heterocycles. The maximum atomic E-state index is 13.7. The first-order valence-electron chi connectivity index (χ1n) is 5.86. The van der Waals surface area contributed by atoms with E-state index in [0.717, 1.165) is 12.1 Å². The van der Waals surface area contributed by atoms with Crippen molar-refractivity contribution in [2.45, 2.75) is 19.4 Å². The quantitative estimate of drug-likeness (QED) is 0.898. The Morgan fingerprint density at radius 1 is 1.00 bits per heavy atom. The lowest BCUT2D eigenvalue weighted by atomic mass is 9.99. The highest BCUT2D eigenvalue weighted by Gasteiger charge is 2.18. The van der Waals surface area contributed by atoms with Crippen molar-refractivity contribution in [3.05, 3.63) is 70.5 Å². The summed E-state index contributed by atoms with van der Waals surface area (Å²) in [4.78, 5) is 0. The van der Waals surface area contributed by atoms with E-state index in [9.17, 15) is 18.3 Å². The molecule has 0 radical (unpaired) electrons. The van der Waals surface area contributed by atoms with E-state index in [4.69, 9.17) is 0 Å². The maximum absolute atomic E-state index is 13.7. The molecular formula is C15H13F3O. The molecule has 1 unspecified atom stereocenters. The molecule has 100 valence electrons. The van der Waals surface area contributed by atoms with Crippen LogP contribution in [0.15, 0.2) is 36.4 Å². The zero-order valence-electron chi connectivity index (χ0n) is 10.3. The van der Waals surface area contributed by atoms with Gasteiger partial charge in [-0.3, -0.25) is 0 Å². The predicted molar refractivity (Wildman–Crippen MR) is 66.2 cm³/mol. The van der Waals surface area contributed by atoms with E-state index >= 15 is 0 Å². The second-order valence-corrected chi connectivity index (χ2v) is 4.45. The monoisotopic (exact) mass is 266 g/mol. The van der Waals surface area contributed by atoms with Crippen molar-refractivity contribution < 1.29 is 18.3 Å². The van der Waals surface area contributed by atoms with Crippen LogP contribution < -0.4 is 0 Å². The number of rotatable bonds is 3. The summed E-state index contributed by atoms with van der Waals surface area (Å²) in [6.07, 6.45) is -1.59. The van der Waals surface area contributed by atoms with Crippen LogP contribution in [0.4, 0.5) is 13.2 Å². The van der Waals surface area contributed by atoms with Gasteiger partial charge < -0.3 is 5.11 Å². The first kappa shape index (κ1) is 13.6. The third kappa shape index (κ3) is 2.96. The lowest BCUT2D eigenvalue weighted by Crippen LogP contribution is -2.07. The summed E-state index contributed by atoms with van der Waals surface area (Å²) < 4.78 is 40.5. The van der Waals surface area contributed by atoms with Crippen LogP contribution in [-0.4, -0.2) is 5.11 Å². The van der Waals surface area contributed by atoms with Crippen molar-refractivity contribution in [2.75, 3.05) is 0 Å². The molecular weight excluding hydrogens is 253 g/mol. The summed E-state index contributed by atoms with van der Waals surface area (Å²) in [6, 6.07) is 7.80. The topological polar surface area (TPSA) is 20.2 Å². The second-order valence-electron chi connectivity index (χ2n) is 4.45. The van der Waals surface area contributed by atoms with Gasteiger partial charge in [0.15, 0.2) is 0 Å². The molecule has 0 aliphatic carbocycles. The number of halogens is 3. The van der Waals surface area contributed by atoms with Crippen LogP contribution in [0.5, 0.6) is 0 Å². The van der Waals surface area contributed by atoms with Gasteiger partial charge in [0, 0.05) is 17.5 Å². The largest absolute Gasteiger partial charge is 0.388 e. The third-order valence-electron chi connectivity index (χ3n) is 2.97. The van der Waals surface area contributed by atoms with E-state index in [2.05, 4.69) is 0 Å². The Bertz CT molecular complexity index is 576. The van der Waals surface area contributed by atoms with E-state index in [0.29, 0.717) is 5.56 Å². The van der Waals surface area contributed by atoms with Crippen LogP contribution >= 0.6 is 0 Å². The number of hydrogen-bond donors (Lipinski definition) is 1. The Labute approximate surface area is 109 Å². The average molecular weight is 266 g/mol. The van der Waals surface area contributed by atoms with Crippen LogP contribution in [-0.2, 0) is 6.42 Å². The van der Waals surface area contributed by atoms with Gasteiger partial charge in [0.2, 0.25) is 0 Å². The fourth-order valence-electron chi connectivity index (χ4n) is 1.93. The molecule has 0 aliphatic heterocycles. The van der Waals surface area contributed by atoms with Crippen LogP contribution in [0.1, 0.15) is 22.8 Å². The predicted octanol–water partition coefficient (Wildman–Crippen LogP) is 3.69. The van der Waals surface area contributed by atoms with Gasteiger partial charge in [-0.15, -0.1) is 0 Å². The van der Waals surface area contributed by atoms with Gasteiger partial charge in [-0.25, -0.2) is 13.2 Å². The van der Waals surface area contributed by atoms with Crippen molar-refractivity contribution in [1.82, 2.24) is 0 Å². The summed E-state index contributed by atoms with van der Waals surface area (Å²) in [6.45, 7) is 1.72. The van der Waals surface area contributed by atoms with E-state index in [1.54, 1.807) is 13.0 Å². The fraction of sp³-hybridized carbons (Fsp3) is 0.200. The molecule has 0 saturated carbocycles. The first-order valence-corrected chi connectivity index (χ1v) is 5.86. The average Bonchev–Trinajstić information content (AvgIpc) is 2.33. The first-order chi connectivity index (χ1) is 8.99. The summed E-state index contributed by atoms with van der Waals surface area (Å²) in [5, 5.41) is 9.92. The molecule has 0 spiro atoms. The minimum absolute atomic E-state index is 0.0354. The number of benzene rings is 2. The number of aliphatic hydroxyl groups is 1. The lowest BCUT2D eigenvalue weighted by molar-refractivity contribution is 0.171. The third-order valence-corrected chi connectivity index (χ3v) is 2.97. The SMILES string of the molecule is Cc1ccc(C(O)Cc2c(F)cccc2F)c(F)c1. The molecule has 0 aromatic heterocycles. The summed E-state index contributed by atoms with van der Waals surface area (Å²) in [5.41, 5.74) is 0.508. The van der Waals surface area contributed by atoms with Gasteiger partial charge in [0.1, 0.15) is 17.5 Å². The number of aryl methyl sites for hydroxylation is 1. The molecule has 0 amide bonds. The van der Waals surface area contributed by atoms with Crippen LogP contribution in [0.3, 0.4) is 0 Å². The highest BCUT2D eigenvalue weighted by molar-refractivity contribution is 5.28. The molecule has 2 aromatic carbocycles. The minimum atomic E-state index is -1.29. The summed E-state index contributed by atoms with van der Waals surface area (Å²) in [5.74, 6) is -2.07. The van der Waals surface area contributed by atoms with E-state index < -0.39 is 23.6 Å². The highest BCUT2D eigenvalue weighted by atomic mass is 19.1. The van der Waals surface area contributed by atoms with Gasteiger partial charge in [-0.05, 0) is 30.7 Å². The van der Waals surface area contributed by atoms with Crippen molar-refractivity contribution in [3.63, 3.8) is 0 Å². The Hall–Kier alpha value is -1.81. The Kier molecular flexibility index (Phi) is 3.90. The van der Waals surface area contributed by atoms with Crippen molar-refractivity contribution in [2.24, 2.45) is 0 Å². The molecule has 0 bridgehead atoms. The van der Waals surface area contributed by atoms with Crippen LogP contribution in [0.2, 0.25) is 0 Å². The minimum Gasteiger partial charge on any atom is -0.388 e. The highest BCUT2D eigenvalue weighted by Crippen LogP contribution is 2.24. The van der Waals surface area contributed by atoms with E-state index in [1.165, 1.54) is 18.2 Å². The normalized spacial score (nSPS) is 12.5. The summed E-state index contributed by atoms with van der Waals surface area (Å²) >= 11 is 0.